The van der Waals surface area contributed by atoms with Gasteiger partial charge in [-0.1, -0.05) is 103 Å². The molecule has 7 heteroatoms. The maximum absolute atomic E-state index is 7.39. The zero-order valence-electron chi connectivity index (χ0n) is 31.2. The Labute approximate surface area is 330 Å². The van der Waals surface area contributed by atoms with Gasteiger partial charge in [0.05, 0.1) is 13.1 Å². The lowest BCUT2D eigenvalue weighted by Crippen LogP contribution is -2.48. The minimum atomic E-state index is 0.393. The number of benzene rings is 5. The summed E-state index contributed by atoms with van der Waals surface area (Å²) in [6.45, 7) is 14.7. The Balaban J connectivity index is 0.942. The van der Waals surface area contributed by atoms with Crippen LogP contribution in [0.4, 0.5) is 11.4 Å². The molecule has 4 aliphatic rings. The molecule has 4 aliphatic carbocycles. The van der Waals surface area contributed by atoms with E-state index in [1.54, 1.807) is 17.8 Å². The zero-order valence-corrected chi connectivity index (χ0v) is 31.2. The second-order valence-corrected chi connectivity index (χ2v) is 16.4. The van der Waals surface area contributed by atoms with Crippen LogP contribution < -0.4 is 0 Å². The SMILES string of the molecule is [C-]#[N+]c1ccc(-c2ccc(-c3nc(-c4ccc(-c5ccc(C67CC8CC(CC(C8)C6)C7)cc5)cc4)nc(-c4ccc5c(c4)oc4cc([N+]#[C-])cnc45)n3)cc2)cc1. The van der Waals surface area contributed by atoms with Gasteiger partial charge in [-0.3, -0.25) is 4.98 Å². The minimum Gasteiger partial charge on any atom is -0.456 e. The van der Waals surface area contributed by atoms with Crippen LogP contribution in [-0.4, -0.2) is 19.9 Å². The molecule has 0 radical (unpaired) electrons. The third-order valence-electron chi connectivity index (χ3n) is 12.8. The van der Waals surface area contributed by atoms with Crippen molar-refractivity contribution >= 4 is 33.4 Å². The molecule has 0 amide bonds. The molecule has 7 nitrogen and oxygen atoms in total. The first-order valence-corrected chi connectivity index (χ1v) is 19.8. The molecule has 3 heterocycles. The minimum absolute atomic E-state index is 0.393. The fraction of sp³-hybridized carbons (Fsp3) is 0.200. The number of hydrogen-bond donors (Lipinski definition) is 0. The highest BCUT2D eigenvalue weighted by atomic mass is 16.3. The highest BCUT2D eigenvalue weighted by Crippen LogP contribution is 2.60. The molecule has 12 rings (SSSR count). The van der Waals surface area contributed by atoms with Crippen molar-refractivity contribution in [1.82, 2.24) is 19.9 Å². The van der Waals surface area contributed by atoms with Gasteiger partial charge in [0.2, 0.25) is 5.69 Å². The maximum Gasteiger partial charge on any atom is 0.208 e. The summed E-state index contributed by atoms with van der Waals surface area (Å²) in [6.07, 6.45) is 10.1. The van der Waals surface area contributed by atoms with Crippen molar-refractivity contribution in [2.75, 3.05) is 0 Å². The van der Waals surface area contributed by atoms with Gasteiger partial charge in [-0.15, -0.1) is 0 Å². The van der Waals surface area contributed by atoms with Gasteiger partial charge in [0, 0.05) is 28.3 Å². The first kappa shape index (κ1) is 33.4. The van der Waals surface area contributed by atoms with Gasteiger partial charge in [0.25, 0.3) is 0 Å². The van der Waals surface area contributed by atoms with E-state index in [1.807, 2.05) is 54.6 Å². The molecule has 0 aliphatic heterocycles. The van der Waals surface area contributed by atoms with Crippen molar-refractivity contribution in [3.8, 4) is 56.4 Å². The van der Waals surface area contributed by atoms with Gasteiger partial charge in [0.1, 0.15) is 16.7 Å². The summed E-state index contributed by atoms with van der Waals surface area (Å²) in [7, 11) is 0. The standard InChI is InChI=1S/C50H36N6O/c1-51-41-18-13-36(14-19-41)34-5-9-38(10-6-34)48-54-47(55-49(56-48)39-15-20-43-44(24-39)57-45-25-42(52-2)29-53-46(43)45)37-7-3-33(4-8-37)35-11-16-40(17-12-35)50-26-30-21-31(27-50)23-32(22-30)28-50/h3-20,24-25,29-32H,21-23,26-28H2. The largest absolute Gasteiger partial charge is 0.456 e. The lowest BCUT2D eigenvalue weighted by atomic mass is 9.48. The third kappa shape index (κ3) is 5.86. The van der Waals surface area contributed by atoms with Gasteiger partial charge in [-0.2, -0.15) is 0 Å². The van der Waals surface area contributed by atoms with E-state index in [0.29, 0.717) is 50.9 Å². The highest BCUT2D eigenvalue weighted by Gasteiger charge is 2.51. The fourth-order valence-corrected chi connectivity index (χ4v) is 10.4. The molecule has 4 saturated carbocycles. The first-order chi connectivity index (χ1) is 28.0. The Kier molecular flexibility index (Phi) is 7.66. The van der Waals surface area contributed by atoms with Crippen molar-refractivity contribution < 1.29 is 4.42 Å². The molecule has 4 bridgehead atoms. The van der Waals surface area contributed by atoms with E-state index in [1.165, 1.54) is 44.1 Å². The molecule has 5 aromatic carbocycles. The Morgan fingerprint density at radius 1 is 0.491 bits per heavy atom. The van der Waals surface area contributed by atoms with Crippen molar-refractivity contribution in [3.63, 3.8) is 0 Å². The zero-order chi connectivity index (χ0) is 38.1. The van der Waals surface area contributed by atoms with Crippen molar-refractivity contribution in [2.45, 2.75) is 43.9 Å². The van der Waals surface area contributed by atoms with Crippen LogP contribution in [0.15, 0.2) is 132 Å². The number of fused-ring (bicyclic) bond motifs is 3. The quantitative estimate of drug-likeness (QED) is 0.159. The lowest BCUT2D eigenvalue weighted by Gasteiger charge is -2.57. The van der Waals surface area contributed by atoms with E-state index < -0.39 is 0 Å². The van der Waals surface area contributed by atoms with E-state index in [4.69, 9.17) is 32.5 Å². The topological polar surface area (TPSA) is 73.4 Å². The van der Waals surface area contributed by atoms with Crippen LogP contribution in [0.5, 0.6) is 0 Å². The van der Waals surface area contributed by atoms with Gasteiger partial charge in [-0.05, 0) is 108 Å². The molecule has 272 valence electrons. The third-order valence-corrected chi connectivity index (χ3v) is 12.8. The Morgan fingerprint density at radius 3 is 1.47 bits per heavy atom. The fourth-order valence-electron chi connectivity index (χ4n) is 10.4. The van der Waals surface area contributed by atoms with Crippen LogP contribution in [0.25, 0.3) is 88.2 Å². The van der Waals surface area contributed by atoms with Gasteiger partial charge < -0.3 is 4.42 Å². The molecule has 0 N–H and O–H groups in total. The number of nitrogens with zero attached hydrogens (tertiary/aromatic N) is 6. The molecule has 0 atom stereocenters. The summed E-state index contributed by atoms with van der Waals surface area (Å²) in [5, 5.41) is 0.862. The number of pyridine rings is 1. The predicted octanol–water partition coefficient (Wildman–Crippen LogP) is 13.1. The summed E-state index contributed by atoms with van der Waals surface area (Å²) in [5.41, 5.74) is 11.9. The maximum atomic E-state index is 7.39. The number of aromatic nitrogens is 4. The Bertz CT molecular complexity index is 2900. The van der Waals surface area contributed by atoms with E-state index in [0.717, 1.165) is 56.5 Å². The molecule has 57 heavy (non-hydrogen) atoms. The van der Waals surface area contributed by atoms with Gasteiger partial charge >= 0.3 is 0 Å². The van der Waals surface area contributed by atoms with Gasteiger partial charge in [0.15, 0.2) is 23.2 Å². The summed E-state index contributed by atoms with van der Waals surface area (Å²) < 4.78 is 6.19. The molecule has 0 saturated heterocycles. The number of furan rings is 1. The molecule has 4 fully saturated rings. The van der Waals surface area contributed by atoms with E-state index in [-0.39, 0.29) is 0 Å². The van der Waals surface area contributed by atoms with Crippen molar-refractivity contribution in [3.05, 3.63) is 156 Å². The predicted molar refractivity (Wildman–Crippen MR) is 224 cm³/mol. The van der Waals surface area contributed by atoms with E-state index >= 15 is 0 Å². The summed E-state index contributed by atoms with van der Waals surface area (Å²) in [6, 6.07) is 41.4. The molecular weight excluding hydrogens is 701 g/mol. The normalized spacial score (nSPS) is 20.8. The smallest absolute Gasteiger partial charge is 0.208 e. The number of hydrogen-bond acceptors (Lipinski definition) is 5. The molecular formula is C50H36N6O. The molecule has 8 aromatic rings. The van der Waals surface area contributed by atoms with Crippen LogP contribution >= 0.6 is 0 Å². The van der Waals surface area contributed by atoms with Crippen molar-refractivity contribution in [1.29, 1.82) is 0 Å². The Hall–Kier alpha value is -6.96. The molecule has 0 spiro atoms. The Morgan fingerprint density at radius 2 is 0.947 bits per heavy atom. The first-order valence-electron chi connectivity index (χ1n) is 19.8. The monoisotopic (exact) mass is 736 g/mol. The van der Waals surface area contributed by atoms with Gasteiger partial charge in [-0.25, -0.2) is 24.6 Å². The van der Waals surface area contributed by atoms with Crippen LogP contribution in [0.1, 0.15) is 44.1 Å². The average molecular weight is 737 g/mol. The second kappa shape index (κ2) is 13.1. The number of rotatable bonds is 6. The average Bonchev–Trinajstić information content (AvgIpc) is 3.63. The van der Waals surface area contributed by atoms with Crippen LogP contribution in [0.3, 0.4) is 0 Å². The summed E-state index contributed by atoms with van der Waals surface area (Å²) >= 11 is 0. The van der Waals surface area contributed by atoms with E-state index in [9.17, 15) is 0 Å². The second-order valence-electron chi connectivity index (χ2n) is 16.4. The van der Waals surface area contributed by atoms with E-state index in [2.05, 4.69) is 75.3 Å². The lowest BCUT2D eigenvalue weighted by molar-refractivity contribution is -0.00518. The van der Waals surface area contributed by atoms with Crippen LogP contribution in [0, 0.1) is 30.9 Å². The molecule has 3 aromatic heterocycles. The molecule has 0 unspecified atom stereocenters. The van der Waals surface area contributed by atoms with Crippen LogP contribution in [0.2, 0.25) is 0 Å². The highest BCUT2D eigenvalue weighted by molar-refractivity contribution is 6.04. The van der Waals surface area contributed by atoms with Crippen molar-refractivity contribution in [2.24, 2.45) is 17.8 Å². The summed E-state index contributed by atoms with van der Waals surface area (Å²) in [4.78, 5) is 26.6. The summed E-state index contributed by atoms with van der Waals surface area (Å²) in [5.74, 6) is 4.44. The van der Waals surface area contributed by atoms with Crippen LogP contribution in [-0.2, 0) is 5.41 Å².